The molecule has 5 nitrogen and oxygen atoms in total. The Morgan fingerprint density at radius 1 is 1.19 bits per heavy atom. The number of aromatic nitrogens is 2. The molecule has 1 aromatic carbocycles. The number of rotatable bonds is 2. The number of Topliss-reactive ketones (excluding diaryl/α,β-unsaturated/α-hetero) is 1. The number of hydrogen-bond acceptors (Lipinski definition) is 5. The van der Waals surface area contributed by atoms with Gasteiger partial charge in [-0.25, -0.2) is 9.37 Å². The van der Waals surface area contributed by atoms with Crippen LogP contribution in [0.2, 0.25) is 0 Å². The summed E-state index contributed by atoms with van der Waals surface area (Å²) in [5, 5.41) is 3.32. The summed E-state index contributed by atoms with van der Waals surface area (Å²) in [5.41, 5.74) is 8.29. The van der Waals surface area contributed by atoms with Gasteiger partial charge in [0.05, 0.1) is 0 Å². The Bertz CT molecular complexity index is 1370. The second kappa shape index (κ2) is 7.12. The number of ether oxygens (including phenoxy) is 1. The van der Waals surface area contributed by atoms with Crippen LogP contribution in [-0.2, 0) is 17.6 Å². The minimum absolute atomic E-state index is 0.0543. The molecule has 0 bridgehead atoms. The molecule has 0 saturated heterocycles. The van der Waals surface area contributed by atoms with E-state index in [0.29, 0.717) is 41.3 Å². The van der Waals surface area contributed by atoms with Crippen LogP contribution in [0, 0.1) is 12.7 Å². The summed E-state index contributed by atoms with van der Waals surface area (Å²) in [7, 11) is 0. The predicted octanol–water partition coefficient (Wildman–Crippen LogP) is 4.54. The maximum atomic E-state index is 15.1. The fourth-order valence-corrected chi connectivity index (χ4v) is 4.76. The number of fused-ring (bicyclic) bond motifs is 3. The fraction of sp³-hybridized carbons (Fsp3) is 0.192. The number of anilines is 1. The third-order valence-electron chi connectivity index (χ3n) is 6.39. The molecule has 2 aliphatic carbocycles. The number of carbonyl (C=O) groups excluding carboxylic acids is 1. The van der Waals surface area contributed by atoms with Crippen molar-refractivity contribution in [1.82, 2.24) is 9.97 Å². The number of pyridine rings is 2. The number of halogens is 1. The number of carbonyl (C=O) groups is 1. The van der Waals surface area contributed by atoms with Gasteiger partial charge in [-0.3, -0.25) is 9.78 Å². The van der Waals surface area contributed by atoms with Gasteiger partial charge >= 0.3 is 0 Å². The zero-order chi connectivity index (χ0) is 21.8. The molecule has 0 radical (unpaired) electrons. The molecule has 2 aromatic heterocycles. The summed E-state index contributed by atoms with van der Waals surface area (Å²) in [6, 6.07) is 5.39. The van der Waals surface area contributed by atoms with Crippen molar-refractivity contribution in [1.29, 1.82) is 0 Å². The first-order chi connectivity index (χ1) is 15.6. The van der Waals surface area contributed by atoms with Gasteiger partial charge in [0, 0.05) is 48.3 Å². The van der Waals surface area contributed by atoms with E-state index < -0.39 is 0 Å². The van der Waals surface area contributed by atoms with Crippen LogP contribution in [0.4, 0.5) is 10.1 Å². The normalized spacial score (nSPS) is 17.4. The molecule has 0 amide bonds. The third kappa shape index (κ3) is 2.94. The molecule has 3 heterocycles. The number of nitrogens with one attached hydrogen (secondary N) is 1. The molecule has 0 unspecified atom stereocenters. The standard InChI is InChI=1S/C26H20FN3O2/c1-14-22(13-30-26-25(14)29-4-5-32-26)17-9-19-20(23(27)10-17)11-24(31)21(19)8-15-6-16-2-3-28-12-18(16)7-15/h2-3,6,8-10,12-13,29H,4-5,7,11H2,1H3/b21-8-. The molecular formula is C26H20FN3O2. The van der Waals surface area contributed by atoms with Crippen molar-refractivity contribution in [2.75, 3.05) is 18.5 Å². The van der Waals surface area contributed by atoms with Crippen molar-refractivity contribution < 1.29 is 13.9 Å². The Balaban J connectivity index is 1.44. The Labute approximate surface area is 184 Å². The zero-order valence-corrected chi connectivity index (χ0v) is 17.5. The maximum absolute atomic E-state index is 15.1. The third-order valence-corrected chi connectivity index (χ3v) is 6.39. The lowest BCUT2D eigenvalue weighted by molar-refractivity contribution is -0.112. The smallest absolute Gasteiger partial charge is 0.237 e. The lowest BCUT2D eigenvalue weighted by Gasteiger charge is -2.21. The van der Waals surface area contributed by atoms with Gasteiger partial charge in [0.2, 0.25) is 5.88 Å². The van der Waals surface area contributed by atoms with Gasteiger partial charge in [-0.15, -0.1) is 0 Å². The molecule has 32 heavy (non-hydrogen) atoms. The largest absolute Gasteiger partial charge is 0.474 e. The van der Waals surface area contributed by atoms with Crippen LogP contribution in [0.25, 0.3) is 22.8 Å². The van der Waals surface area contributed by atoms with E-state index in [9.17, 15) is 4.79 Å². The van der Waals surface area contributed by atoms with E-state index in [1.165, 1.54) is 6.07 Å². The maximum Gasteiger partial charge on any atom is 0.237 e. The van der Waals surface area contributed by atoms with Crippen LogP contribution in [0.15, 0.2) is 48.4 Å². The first kappa shape index (κ1) is 18.9. The number of hydrogen-bond donors (Lipinski definition) is 1. The summed E-state index contributed by atoms with van der Waals surface area (Å²) < 4.78 is 20.7. The quantitative estimate of drug-likeness (QED) is 0.611. The Hall–Kier alpha value is -3.80. The molecule has 6 rings (SSSR count). The Morgan fingerprint density at radius 2 is 2.09 bits per heavy atom. The van der Waals surface area contributed by atoms with Crippen molar-refractivity contribution in [2.24, 2.45) is 0 Å². The average molecular weight is 425 g/mol. The summed E-state index contributed by atoms with van der Waals surface area (Å²) >= 11 is 0. The highest BCUT2D eigenvalue weighted by Crippen LogP contribution is 2.40. The van der Waals surface area contributed by atoms with Gasteiger partial charge in [-0.05, 0) is 71.0 Å². The lowest BCUT2D eigenvalue weighted by atomic mass is 9.95. The van der Waals surface area contributed by atoms with Crippen LogP contribution in [0.3, 0.4) is 0 Å². The lowest BCUT2D eigenvalue weighted by Crippen LogP contribution is -2.20. The summed E-state index contributed by atoms with van der Waals surface area (Å²) in [6.07, 6.45) is 10.1. The van der Waals surface area contributed by atoms with Gasteiger partial charge in [-0.1, -0.05) is 6.08 Å². The molecule has 1 aliphatic heterocycles. The zero-order valence-electron chi connectivity index (χ0n) is 17.5. The van der Waals surface area contributed by atoms with E-state index in [1.807, 2.05) is 31.3 Å². The molecule has 3 aromatic rings. The molecule has 0 saturated carbocycles. The van der Waals surface area contributed by atoms with Gasteiger partial charge in [0.15, 0.2) is 5.78 Å². The van der Waals surface area contributed by atoms with E-state index in [2.05, 4.69) is 21.4 Å². The topological polar surface area (TPSA) is 64.1 Å². The van der Waals surface area contributed by atoms with Crippen molar-refractivity contribution >= 4 is 23.1 Å². The molecule has 0 fully saturated rings. The summed E-state index contributed by atoms with van der Waals surface area (Å²) in [4.78, 5) is 21.4. The van der Waals surface area contributed by atoms with E-state index in [-0.39, 0.29) is 18.0 Å². The van der Waals surface area contributed by atoms with Crippen LogP contribution in [0.5, 0.6) is 5.88 Å². The molecule has 1 N–H and O–H groups in total. The minimum atomic E-state index is -0.358. The second-order valence-corrected chi connectivity index (χ2v) is 8.36. The van der Waals surface area contributed by atoms with E-state index in [1.54, 1.807) is 12.4 Å². The molecule has 158 valence electrons. The first-order valence-corrected chi connectivity index (χ1v) is 10.7. The van der Waals surface area contributed by atoms with Crippen molar-refractivity contribution in [3.05, 3.63) is 82.1 Å². The highest BCUT2D eigenvalue weighted by Gasteiger charge is 2.29. The van der Waals surface area contributed by atoms with E-state index >= 15 is 4.39 Å². The average Bonchev–Trinajstić information content (AvgIpc) is 3.35. The van der Waals surface area contributed by atoms with Gasteiger partial charge < -0.3 is 10.1 Å². The van der Waals surface area contributed by atoms with E-state index in [4.69, 9.17) is 4.74 Å². The summed E-state index contributed by atoms with van der Waals surface area (Å²) in [5.74, 6) is 0.155. The molecular weight excluding hydrogens is 405 g/mol. The highest BCUT2D eigenvalue weighted by atomic mass is 19.1. The van der Waals surface area contributed by atoms with Crippen LogP contribution < -0.4 is 10.1 Å². The van der Waals surface area contributed by atoms with Gasteiger partial charge in [-0.2, -0.15) is 0 Å². The number of benzene rings is 1. The van der Waals surface area contributed by atoms with Crippen molar-refractivity contribution in [3.8, 4) is 17.0 Å². The van der Waals surface area contributed by atoms with Gasteiger partial charge in [0.1, 0.15) is 18.1 Å². The number of allylic oxidation sites excluding steroid dienone is 3. The highest BCUT2D eigenvalue weighted by molar-refractivity contribution is 6.26. The van der Waals surface area contributed by atoms with Crippen LogP contribution in [0.1, 0.15) is 27.8 Å². The summed E-state index contributed by atoms with van der Waals surface area (Å²) in [6.45, 7) is 3.24. The predicted molar refractivity (Wildman–Crippen MR) is 121 cm³/mol. The Kier molecular flexibility index (Phi) is 4.21. The molecule has 6 heteroatoms. The Morgan fingerprint density at radius 3 is 2.97 bits per heavy atom. The second-order valence-electron chi connectivity index (χ2n) is 8.36. The molecule has 0 atom stereocenters. The van der Waals surface area contributed by atoms with Crippen molar-refractivity contribution in [3.63, 3.8) is 0 Å². The van der Waals surface area contributed by atoms with Crippen LogP contribution >= 0.6 is 0 Å². The van der Waals surface area contributed by atoms with E-state index in [0.717, 1.165) is 39.9 Å². The molecule has 3 aliphatic rings. The SMILES string of the molecule is Cc1c(-c2cc(F)c3c(c2)/C(=C/C2=Cc4ccncc4C2)C(=O)C3)cnc2c1NCCO2. The monoisotopic (exact) mass is 425 g/mol. The minimum Gasteiger partial charge on any atom is -0.474 e. The number of nitrogens with zero attached hydrogens (tertiary/aromatic N) is 2. The molecule has 0 spiro atoms. The fourth-order valence-electron chi connectivity index (χ4n) is 4.76. The van der Waals surface area contributed by atoms with Crippen LogP contribution in [-0.4, -0.2) is 28.9 Å². The van der Waals surface area contributed by atoms with Gasteiger partial charge in [0.25, 0.3) is 0 Å². The number of ketones is 1. The first-order valence-electron chi connectivity index (χ1n) is 10.7. The van der Waals surface area contributed by atoms with Crippen molar-refractivity contribution in [2.45, 2.75) is 19.8 Å².